The first-order valence-corrected chi connectivity index (χ1v) is 11.6. The topological polar surface area (TPSA) is 50.4 Å². The van der Waals surface area contributed by atoms with Gasteiger partial charge in [0.05, 0.1) is 10.0 Å². The Kier molecular flexibility index (Phi) is 7.33. The van der Waals surface area contributed by atoms with Crippen LogP contribution in [0.15, 0.2) is 71.2 Å². The molecule has 0 aliphatic carbocycles. The van der Waals surface area contributed by atoms with Gasteiger partial charge < -0.3 is 10.1 Å². The lowest BCUT2D eigenvalue weighted by Gasteiger charge is -2.14. The minimum Gasteiger partial charge on any atom is -0.454 e. The molecule has 4 aromatic rings. The van der Waals surface area contributed by atoms with Gasteiger partial charge in [0.2, 0.25) is 0 Å². The van der Waals surface area contributed by atoms with E-state index in [0.717, 1.165) is 33.4 Å². The third-order valence-electron chi connectivity index (χ3n) is 4.67. The molecule has 0 fully saturated rings. The van der Waals surface area contributed by atoms with Crippen molar-refractivity contribution in [2.75, 3.05) is 5.32 Å². The summed E-state index contributed by atoms with van der Waals surface area (Å²) in [5.74, 6) is -2.28. The number of thiocarbonyl (C=S) groups is 1. The molecule has 0 aliphatic heterocycles. The molecular weight excluding hydrogens is 569 g/mol. The molecule has 172 valence electrons. The Morgan fingerprint density at radius 1 is 0.912 bits per heavy atom. The van der Waals surface area contributed by atoms with Crippen LogP contribution in [0.25, 0.3) is 10.8 Å². The second-order valence-electron chi connectivity index (χ2n) is 7.03. The number of carbonyl (C=O) groups is 1. The maximum atomic E-state index is 13.8. The highest BCUT2D eigenvalue weighted by Crippen LogP contribution is 2.39. The Morgan fingerprint density at radius 2 is 1.53 bits per heavy atom. The highest BCUT2D eigenvalue weighted by molar-refractivity contribution is 9.10. The van der Waals surface area contributed by atoms with Crippen molar-refractivity contribution in [3.63, 3.8) is 0 Å². The van der Waals surface area contributed by atoms with Crippen molar-refractivity contribution in [1.29, 1.82) is 0 Å². The summed E-state index contributed by atoms with van der Waals surface area (Å²) < 4.78 is 34.5. The van der Waals surface area contributed by atoms with E-state index < -0.39 is 23.1 Å². The van der Waals surface area contributed by atoms with Crippen LogP contribution in [-0.4, -0.2) is 11.0 Å². The number of rotatable bonds is 4. The highest BCUT2D eigenvalue weighted by atomic mass is 79.9. The van der Waals surface area contributed by atoms with Crippen LogP contribution in [0.5, 0.6) is 11.5 Å². The first-order valence-electron chi connectivity index (χ1n) is 9.64. The summed E-state index contributed by atoms with van der Waals surface area (Å²) >= 11 is 21.2. The van der Waals surface area contributed by atoms with Crippen LogP contribution in [0.2, 0.25) is 10.0 Å². The molecule has 10 heteroatoms. The molecule has 0 spiro atoms. The van der Waals surface area contributed by atoms with Crippen molar-refractivity contribution in [2.24, 2.45) is 0 Å². The van der Waals surface area contributed by atoms with Crippen LogP contribution in [-0.2, 0) is 0 Å². The maximum Gasteiger partial charge on any atom is 0.263 e. The van der Waals surface area contributed by atoms with Crippen LogP contribution >= 0.6 is 51.3 Å². The number of benzene rings is 4. The van der Waals surface area contributed by atoms with E-state index in [2.05, 4.69) is 26.6 Å². The van der Waals surface area contributed by atoms with Crippen molar-refractivity contribution in [3.8, 4) is 11.5 Å². The quantitative estimate of drug-likeness (QED) is 0.239. The van der Waals surface area contributed by atoms with Gasteiger partial charge in [-0.3, -0.25) is 10.1 Å². The van der Waals surface area contributed by atoms with Crippen molar-refractivity contribution in [2.45, 2.75) is 0 Å². The maximum absolute atomic E-state index is 13.8. The van der Waals surface area contributed by atoms with E-state index >= 15 is 0 Å². The highest BCUT2D eigenvalue weighted by Gasteiger charge is 2.18. The largest absolute Gasteiger partial charge is 0.454 e. The van der Waals surface area contributed by atoms with Gasteiger partial charge in [0.1, 0.15) is 22.9 Å². The van der Waals surface area contributed by atoms with E-state index in [1.165, 1.54) is 12.1 Å². The fourth-order valence-corrected chi connectivity index (χ4v) is 4.30. The zero-order chi connectivity index (χ0) is 24.4. The summed E-state index contributed by atoms with van der Waals surface area (Å²) in [5.41, 5.74) is -0.403. The Hall–Kier alpha value is -2.78. The van der Waals surface area contributed by atoms with Crippen molar-refractivity contribution in [3.05, 3.63) is 98.4 Å². The lowest BCUT2D eigenvalue weighted by atomic mass is 10.1. The molecule has 0 bridgehead atoms. The molecule has 0 radical (unpaired) electrons. The molecule has 0 aromatic heterocycles. The number of hydrogen-bond donors (Lipinski definition) is 2. The molecule has 0 heterocycles. The Morgan fingerprint density at radius 3 is 2.21 bits per heavy atom. The van der Waals surface area contributed by atoms with Gasteiger partial charge >= 0.3 is 0 Å². The van der Waals surface area contributed by atoms with Crippen LogP contribution in [0.3, 0.4) is 0 Å². The van der Waals surface area contributed by atoms with Crippen LogP contribution in [0, 0.1) is 11.6 Å². The average molecular weight is 582 g/mol. The normalized spacial score (nSPS) is 10.7. The summed E-state index contributed by atoms with van der Waals surface area (Å²) in [6.45, 7) is 0. The van der Waals surface area contributed by atoms with E-state index in [1.54, 1.807) is 6.07 Å². The lowest BCUT2D eigenvalue weighted by Crippen LogP contribution is -2.35. The number of halogens is 5. The molecule has 0 atom stereocenters. The summed E-state index contributed by atoms with van der Waals surface area (Å²) in [6, 6.07) is 17.5. The van der Waals surface area contributed by atoms with Gasteiger partial charge in [-0.05, 0) is 71.5 Å². The van der Waals surface area contributed by atoms with Gasteiger partial charge in [-0.15, -0.1) is 0 Å². The third-order valence-corrected chi connectivity index (χ3v) is 5.93. The van der Waals surface area contributed by atoms with E-state index in [0.29, 0.717) is 11.4 Å². The Bertz CT molecular complexity index is 1410. The fraction of sp³-hybridized carbons (Fsp3) is 0. The number of ether oxygens (including phenoxy) is 1. The van der Waals surface area contributed by atoms with Gasteiger partial charge in [-0.2, -0.15) is 0 Å². The van der Waals surface area contributed by atoms with Gasteiger partial charge in [-0.1, -0.05) is 57.3 Å². The van der Waals surface area contributed by atoms with Gasteiger partial charge in [-0.25, -0.2) is 8.78 Å². The molecule has 1 amide bonds. The number of amides is 1. The van der Waals surface area contributed by atoms with Gasteiger partial charge in [0, 0.05) is 10.2 Å². The van der Waals surface area contributed by atoms with E-state index in [1.807, 2.05) is 30.3 Å². The zero-order valence-electron chi connectivity index (χ0n) is 17.0. The van der Waals surface area contributed by atoms with E-state index in [9.17, 15) is 13.6 Å². The monoisotopic (exact) mass is 580 g/mol. The van der Waals surface area contributed by atoms with E-state index in [-0.39, 0.29) is 20.9 Å². The van der Waals surface area contributed by atoms with Crippen molar-refractivity contribution < 1.29 is 18.3 Å². The number of anilines is 1. The summed E-state index contributed by atoms with van der Waals surface area (Å²) in [6.07, 6.45) is 0. The summed E-state index contributed by atoms with van der Waals surface area (Å²) in [5, 5.41) is 7.09. The molecule has 2 N–H and O–H groups in total. The molecule has 0 saturated carbocycles. The molecule has 0 saturated heterocycles. The van der Waals surface area contributed by atoms with Crippen molar-refractivity contribution >= 4 is 78.8 Å². The second kappa shape index (κ2) is 10.2. The van der Waals surface area contributed by atoms with Crippen LogP contribution < -0.4 is 15.4 Å². The minimum atomic E-state index is -1.03. The number of fused-ring (bicyclic) bond motifs is 1. The molecular formula is C24H13BrCl2F2N2O2S. The number of nitrogens with one attached hydrogen (secondary N) is 2. The predicted molar refractivity (Wildman–Crippen MR) is 138 cm³/mol. The molecule has 4 rings (SSSR count). The average Bonchev–Trinajstić information content (AvgIpc) is 2.76. The lowest BCUT2D eigenvalue weighted by molar-refractivity contribution is 0.0969. The zero-order valence-corrected chi connectivity index (χ0v) is 20.9. The summed E-state index contributed by atoms with van der Waals surface area (Å²) in [7, 11) is 0. The standard InChI is InChI=1S/C24H13BrCl2F2N2O2S/c25-14-6-4-13-9-16(7-5-12(13)8-14)33-22-17(26)10-15(11-18(22)27)30-24(34)31-23(32)21-19(28)2-1-3-20(21)29/h1-11H,(H2,30,31,32,34). The minimum absolute atomic E-state index is 0.181. The number of carbonyl (C=O) groups excluding carboxylic acids is 1. The first kappa shape index (κ1) is 24.3. The molecule has 4 aromatic carbocycles. The number of hydrogen-bond acceptors (Lipinski definition) is 3. The smallest absolute Gasteiger partial charge is 0.263 e. The predicted octanol–water partition coefficient (Wildman–Crippen LogP) is 8.11. The fourth-order valence-electron chi connectivity index (χ4n) is 3.15. The SMILES string of the molecule is O=C(NC(=S)Nc1cc(Cl)c(Oc2ccc3cc(Br)ccc3c2)c(Cl)c1)c1c(F)cccc1F. The first-order chi connectivity index (χ1) is 16.2. The summed E-state index contributed by atoms with van der Waals surface area (Å²) in [4.78, 5) is 12.2. The molecule has 4 nitrogen and oxygen atoms in total. The molecule has 0 unspecified atom stereocenters. The van der Waals surface area contributed by atoms with Gasteiger partial charge in [0.15, 0.2) is 10.9 Å². The third kappa shape index (κ3) is 5.47. The Balaban J connectivity index is 1.48. The van der Waals surface area contributed by atoms with Crippen molar-refractivity contribution in [1.82, 2.24) is 5.32 Å². The van der Waals surface area contributed by atoms with Crippen LogP contribution in [0.4, 0.5) is 14.5 Å². The Labute approximate surface area is 216 Å². The van der Waals surface area contributed by atoms with Gasteiger partial charge in [0.25, 0.3) is 5.91 Å². The van der Waals surface area contributed by atoms with E-state index in [4.69, 9.17) is 40.2 Å². The van der Waals surface area contributed by atoms with Crippen LogP contribution in [0.1, 0.15) is 10.4 Å². The molecule has 0 aliphatic rings. The second-order valence-corrected chi connectivity index (χ2v) is 9.17. The molecule has 34 heavy (non-hydrogen) atoms.